The van der Waals surface area contributed by atoms with Crippen molar-refractivity contribution in [2.24, 2.45) is 0 Å². The van der Waals surface area contributed by atoms with Crippen molar-refractivity contribution in [1.29, 1.82) is 5.26 Å². The van der Waals surface area contributed by atoms with E-state index in [0.717, 1.165) is 32.7 Å². The Hall–Kier alpha value is -3.70. The molecule has 0 aliphatic rings. The Balaban J connectivity index is 1.97. The van der Waals surface area contributed by atoms with E-state index in [4.69, 9.17) is 0 Å². The van der Waals surface area contributed by atoms with Gasteiger partial charge in [0.15, 0.2) is 0 Å². The number of nitrogens with one attached hydrogen (secondary N) is 1. The Bertz CT molecular complexity index is 1270. The Labute approximate surface area is 187 Å². The SMILES string of the molecule is Cc1cc([N+](=O)[O-])ccc1-n1c(C)cc(/C=C(/C#N)C(=O)Nc2cccc(Br)c2)c1C. The molecule has 0 radical (unpaired) electrons. The highest BCUT2D eigenvalue weighted by Gasteiger charge is 2.16. The maximum absolute atomic E-state index is 12.6. The fourth-order valence-electron chi connectivity index (χ4n) is 3.38. The van der Waals surface area contributed by atoms with Crippen molar-refractivity contribution in [2.45, 2.75) is 20.8 Å². The maximum atomic E-state index is 12.6. The molecule has 3 aromatic rings. The maximum Gasteiger partial charge on any atom is 0.269 e. The fourth-order valence-corrected chi connectivity index (χ4v) is 3.78. The molecule has 1 N–H and O–H groups in total. The summed E-state index contributed by atoms with van der Waals surface area (Å²) in [4.78, 5) is 23.2. The van der Waals surface area contributed by atoms with Gasteiger partial charge in [-0.25, -0.2) is 0 Å². The first-order valence-electron chi connectivity index (χ1n) is 9.34. The molecule has 3 rings (SSSR count). The van der Waals surface area contributed by atoms with E-state index in [1.165, 1.54) is 12.1 Å². The highest BCUT2D eigenvalue weighted by molar-refractivity contribution is 9.10. The third-order valence-electron chi connectivity index (χ3n) is 4.85. The number of non-ortho nitro benzene ring substituents is 1. The van der Waals surface area contributed by atoms with E-state index >= 15 is 0 Å². The number of anilines is 1. The first kappa shape index (κ1) is 22.0. The van der Waals surface area contributed by atoms with E-state index in [9.17, 15) is 20.2 Å². The lowest BCUT2D eigenvalue weighted by molar-refractivity contribution is -0.384. The first-order chi connectivity index (χ1) is 14.7. The predicted octanol–water partition coefficient (Wildman–Crippen LogP) is 5.62. The molecule has 0 saturated heterocycles. The lowest BCUT2D eigenvalue weighted by Gasteiger charge is -2.12. The molecule has 156 valence electrons. The Morgan fingerprint density at radius 1 is 1.19 bits per heavy atom. The van der Waals surface area contributed by atoms with Crippen LogP contribution in [0.1, 0.15) is 22.5 Å². The van der Waals surface area contributed by atoms with Crippen molar-refractivity contribution in [3.05, 3.63) is 91.2 Å². The summed E-state index contributed by atoms with van der Waals surface area (Å²) in [7, 11) is 0. The summed E-state index contributed by atoms with van der Waals surface area (Å²) < 4.78 is 2.77. The molecule has 31 heavy (non-hydrogen) atoms. The van der Waals surface area contributed by atoms with Crippen molar-refractivity contribution in [3.63, 3.8) is 0 Å². The minimum atomic E-state index is -0.503. The summed E-state index contributed by atoms with van der Waals surface area (Å²) >= 11 is 3.35. The number of carbonyl (C=O) groups is 1. The van der Waals surface area contributed by atoms with Crippen LogP contribution in [0.25, 0.3) is 11.8 Å². The topological polar surface area (TPSA) is 101 Å². The summed E-state index contributed by atoms with van der Waals surface area (Å²) in [6, 6.07) is 15.6. The predicted molar refractivity (Wildman–Crippen MR) is 123 cm³/mol. The van der Waals surface area contributed by atoms with Crippen molar-refractivity contribution in [2.75, 3.05) is 5.32 Å². The molecule has 0 aliphatic carbocycles. The van der Waals surface area contributed by atoms with Gasteiger partial charge in [0.25, 0.3) is 11.6 Å². The van der Waals surface area contributed by atoms with Crippen molar-refractivity contribution < 1.29 is 9.72 Å². The van der Waals surface area contributed by atoms with Crippen molar-refractivity contribution in [1.82, 2.24) is 4.57 Å². The van der Waals surface area contributed by atoms with Gasteiger partial charge in [-0.2, -0.15) is 5.26 Å². The highest BCUT2D eigenvalue weighted by atomic mass is 79.9. The zero-order valence-electron chi connectivity index (χ0n) is 17.1. The van der Waals surface area contributed by atoms with E-state index in [2.05, 4.69) is 21.2 Å². The number of nitriles is 1. The summed E-state index contributed by atoms with van der Waals surface area (Å²) in [6.45, 7) is 5.59. The number of rotatable bonds is 5. The summed E-state index contributed by atoms with van der Waals surface area (Å²) in [5.41, 5.74) is 4.55. The number of hydrogen-bond acceptors (Lipinski definition) is 4. The zero-order valence-corrected chi connectivity index (χ0v) is 18.7. The van der Waals surface area contributed by atoms with E-state index < -0.39 is 10.8 Å². The van der Waals surface area contributed by atoms with Gasteiger partial charge in [0.1, 0.15) is 11.6 Å². The quantitative estimate of drug-likeness (QED) is 0.222. The van der Waals surface area contributed by atoms with Crippen LogP contribution in [0.5, 0.6) is 0 Å². The normalized spacial score (nSPS) is 11.1. The summed E-state index contributed by atoms with van der Waals surface area (Å²) in [5.74, 6) is -0.503. The second-order valence-electron chi connectivity index (χ2n) is 7.02. The number of amides is 1. The molecule has 0 saturated carbocycles. The number of nitrogens with zero attached hydrogens (tertiary/aromatic N) is 3. The molecule has 2 aromatic carbocycles. The van der Waals surface area contributed by atoms with Gasteiger partial charge in [-0.05, 0) is 68.3 Å². The molecule has 0 aliphatic heterocycles. The van der Waals surface area contributed by atoms with Gasteiger partial charge in [0.2, 0.25) is 0 Å². The number of aryl methyl sites for hydroxylation is 2. The first-order valence-corrected chi connectivity index (χ1v) is 10.1. The molecule has 0 bridgehead atoms. The largest absolute Gasteiger partial charge is 0.321 e. The lowest BCUT2D eigenvalue weighted by atomic mass is 10.1. The van der Waals surface area contributed by atoms with Crippen molar-refractivity contribution >= 4 is 39.3 Å². The van der Waals surface area contributed by atoms with Crippen LogP contribution in [0.3, 0.4) is 0 Å². The third-order valence-corrected chi connectivity index (χ3v) is 5.34. The molecule has 8 heteroatoms. The van der Waals surface area contributed by atoms with Gasteiger partial charge in [-0.3, -0.25) is 14.9 Å². The average Bonchev–Trinajstić information content (AvgIpc) is 2.99. The van der Waals surface area contributed by atoms with Gasteiger partial charge in [-0.1, -0.05) is 22.0 Å². The number of benzene rings is 2. The molecule has 0 spiro atoms. The van der Waals surface area contributed by atoms with Crippen LogP contribution in [0.15, 0.2) is 58.6 Å². The molecule has 1 aromatic heterocycles. The standard InChI is InChI=1S/C23H19BrN4O3/c1-14-9-21(28(30)31)7-8-22(14)27-15(2)10-17(16(27)3)11-18(13-25)23(29)26-20-6-4-5-19(24)12-20/h4-12H,1-3H3,(H,26,29)/b18-11-. The Morgan fingerprint density at radius 3 is 2.55 bits per heavy atom. The van der Waals surface area contributed by atoms with E-state index in [0.29, 0.717) is 5.69 Å². The van der Waals surface area contributed by atoms with E-state index in [1.54, 1.807) is 30.3 Å². The molecule has 1 amide bonds. The second kappa shape index (κ2) is 8.98. The van der Waals surface area contributed by atoms with Crippen LogP contribution in [0.2, 0.25) is 0 Å². The third kappa shape index (κ3) is 4.73. The molecule has 0 unspecified atom stereocenters. The minimum Gasteiger partial charge on any atom is -0.321 e. The number of hydrogen-bond donors (Lipinski definition) is 1. The second-order valence-corrected chi connectivity index (χ2v) is 7.94. The van der Waals surface area contributed by atoms with Crippen molar-refractivity contribution in [3.8, 4) is 11.8 Å². The van der Waals surface area contributed by atoms with Crippen LogP contribution in [-0.4, -0.2) is 15.4 Å². The average molecular weight is 479 g/mol. The van der Waals surface area contributed by atoms with Crippen LogP contribution < -0.4 is 5.32 Å². The number of carbonyl (C=O) groups excluding carboxylic acids is 1. The van der Waals surface area contributed by atoms with Gasteiger partial charge in [0, 0.05) is 39.4 Å². The van der Waals surface area contributed by atoms with Gasteiger partial charge in [0.05, 0.1) is 4.92 Å². The smallest absolute Gasteiger partial charge is 0.269 e. The number of nitro benzene ring substituents is 1. The molecular weight excluding hydrogens is 460 g/mol. The van der Waals surface area contributed by atoms with Crippen LogP contribution in [-0.2, 0) is 4.79 Å². The zero-order chi connectivity index (χ0) is 22.7. The molecule has 7 nitrogen and oxygen atoms in total. The van der Waals surface area contributed by atoms with E-state index in [1.807, 2.05) is 43.5 Å². The van der Waals surface area contributed by atoms with Crippen LogP contribution in [0, 0.1) is 42.2 Å². The van der Waals surface area contributed by atoms with E-state index in [-0.39, 0.29) is 11.3 Å². The molecule has 0 atom stereocenters. The van der Waals surface area contributed by atoms with Gasteiger partial charge < -0.3 is 9.88 Å². The van der Waals surface area contributed by atoms with Crippen LogP contribution in [0.4, 0.5) is 11.4 Å². The number of nitro groups is 1. The van der Waals surface area contributed by atoms with Gasteiger partial charge >= 0.3 is 0 Å². The summed E-state index contributed by atoms with van der Waals surface area (Å²) in [6.07, 6.45) is 1.55. The molecule has 0 fully saturated rings. The van der Waals surface area contributed by atoms with Gasteiger partial charge in [-0.15, -0.1) is 0 Å². The lowest BCUT2D eigenvalue weighted by Crippen LogP contribution is -2.13. The molecule has 1 heterocycles. The Kier molecular flexibility index (Phi) is 6.37. The molecular formula is C23H19BrN4O3. The minimum absolute atomic E-state index is 0.0272. The number of aromatic nitrogens is 1. The summed E-state index contributed by atoms with van der Waals surface area (Å²) in [5, 5.41) is 23.3. The van der Waals surface area contributed by atoms with Crippen LogP contribution >= 0.6 is 15.9 Å². The monoisotopic (exact) mass is 478 g/mol. The Morgan fingerprint density at radius 2 is 1.94 bits per heavy atom. The fraction of sp³-hybridized carbons (Fsp3) is 0.130. The number of halogens is 1. The highest BCUT2D eigenvalue weighted by Crippen LogP contribution is 2.27.